The van der Waals surface area contributed by atoms with Crippen LogP contribution in [0.25, 0.3) is 0 Å². The van der Waals surface area contributed by atoms with Gasteiger partial charge in [0.15, 0.2) is 23.9 Å². The molecule has 138 valence electrons. The average molecular weight is 374 g/mol. The lowest BCUT2D eigenvalue weighted by molar-refractivity contribution is -0.139. The Hall–Kier alpha value is -2.47. The number of esters is 1. The molecule has 0 unspecified atom stereocenters. The van der Waals surface area contributed by atoms with Gasteiger partial charge in [-0.1, -0.05) is 17.7 Å². The van der Waals surface area contributed by atoms with Crippen LogP contribution in [0.3, 0.4) is 0 Å². The van der Waals surface area contributed by atoms with E-state index in [9.17, 15) is 9.59 Å². The third-order valence-corrected chi connectivity index (χ3v) is 4.89. The number of thioether (sulfide) groups is 1. The minimum Gasteiger partial charge on any atom is -0.493 e. The highest BCUT2D eigenvalue weighted by Crippen LogP contribution is 2.28. The molecule has 0 radical (unpaired) electrons. The van der Waals surface area contributed by atoms with E-state index in [1.807, 2.05) is 32.0 Å². The molecule has 2 aromatic carbocycles. The molecule has 0 aliphatic heterocycles. The lowest BCUT2D eigenvalue weighted by atomic mass is 10.1. The van der Waals surface area contributed by atoms with E-state index in [0.29, 0.717) is 17.1 Å². The van der Waals surface area contributed by atoms with E-state index in [4.69, 9.17) is 14.2 Å². The second kappa shape index (κ2) is 9.29. The number of hydrogen-bond donors (Lipinski definition) is 0. The second-order valence-electron chi connectivity index (χ2n) is 5.71. The molecule has 2 rings (SSSR count). The standard InChI is InChI=1S/C20H22O5S/c1-13-5-6-14(2)19(9-13)26-12-20(22)25-11-16(21)15-7-8-17(23-3)18(10-15)24-4/h5-10H,11-12H2,1-4H3. The predicted octanol–water partition coefficient (Wildman–Crippen LogP) is 3.84. The highest BCUT2D eigenvalue weighted by Gasteiger charge is 2.14. The molecule has 0 aliphatic rings. The zero-order chi connectivity index (χ0) is 19.1. The Labute approximate surface area is 157 Å². The first kappa shape index (κ1) is 19.8. The third-order valence-electron chi connectivity index (χ3n) is 3.76. The van der Waals surface area contributed by atoms with Crippen LogP contribution in [0.5, 0.6) is 11.5 Å². The Bertz CT molecular complexity index is 801. The maximum absolute atomic E-state index is 12.2. The molecule has 6 heteroatoms. The van der Waals surface area contributed by atoms with Crippen molar-refractivity contribution in [3.05, 3.63) is 53.1 Å². The first-order chi connectivity index (χ1) is 12.4. The summed E-state index contributed by atoms with van der Waals surface area (Å²) in [5.74, 6) is 0.422. The van der Waals surface area contributed by atoms with Crippen LogP contribution < -0.4 is 9.47 Å². The van der Waals surface area contributed by atoms with Crippen LogP contribution in [0.1, 0.15) is 21.5 Å². The lowest BCUT2D eigenvalue weighted by Crippen LogP contribution is -2.15. The van der Waals surface area contributed by atoms with Crippen molar-refractivity contribution in [2.24, 2.45) is 0 Å². The number of benzene rings is 2. The molecule has 5 nitrogen and oxygen atoms in total. The second-order valence-corrected chi connectivity index (χ2v) is 6.73. The molecule has 0 amide bonds. The van der Waals surface area contributed by atoms with Gasteiger partial charge in [-0.2, -0.15) is 0 Å². The van der Waals surface area contributed by atoms with Gasteiger partial charge >= 0.3 is 5.97 Å². The van der Waals surface area contributed by atoms with Crippen molar-refractivity contribution in [2.45, 2.75) is 18.7 Å². The van der Waals surface area contributed by atoms with Gasteiger partial charge in [0.2, 0.25) is 0 Å². The van der Waals surface area contributed by atoms with Crippen molar-refractivity contribution in [3.8, 4) is 11.5 Å². The molecule has 0 bridgehead atoms. The molecule has 0 spiro atoms. The summed E-state index contributed by atoms with van der Waals surface area (Å²) in [4.78, 5) is 25.2. The van der Waals surface area contributed by atoms with Gasteiger partial charge in [-0.25, -0.2) is 0 Å². The number of rotatable bonds is 8. The molecule has 26 heavy (non-hydrogen) atoms. The van der Waals surface area contributed by atoms with Gasteiger partial charge in [0.1, 0.15) is 0 Å². The predicted molar refractivity (Wildman–Crippen MR) is 101 cm³/mol. The van der Waals surface area contributed by atoms with Crippen molar-refractivity contribution in [1.29, 1.82) is 0 Å². The third kappa shape index (κ3) is 5.26. The summed E-state index contributed by atoms with van der Waals surface area (Å²) in [6, 6.07) is 10.9. The SMILES string of the molecule is COc1ccc(C(=O)COC(=O)CSc2cc(C)ccc2C)cc1OC. The van der Waals surface area contributed by atoms with Crippen molar-refractivity contribution in [2.75, 3.05) is 26.6 Å². The van der Waals surface area contributed by atoms with E-state index >= 15 is 0 Å². The highest BCUT2D eigenvalue weighted by atomic mass is 32.2. The van der Waals surface area contributed by atoms with Crippen LogP contribution in [0, 0.1) is 13.8 Å². The van der Waals surface area contributed by atoms with Gasteiger partial charge in [0.25, 0.3) is 0 Å². The number of ketones is 1. The quantitative estimate of drug-likeness (QED) is 0.397. The first-order valence-corrected chi connectivity index (χ1v) is 9.04. The summed E-state index contributed by atoms with van der Waals surface area (Å²) in [5, 5.41) is 0. The summed E-state index contributed by atoms with van der Waals surface area (Å²) in [6.45, 7) is 3.69. The van der Waals surface area contributed by atoms with Crippen molar-refractivity contribution in [1.82, 2.24) is 0 Å². The molecule has 0 saturated carbocycles. The van der Waals surface area contributed by atoms with Crippen LogP contribution in [0.15, 0.2) is 41.3 Å². The molecule has 0 fully saturated rings. The Morgan fingerprint density at radius 3 is 2.38 bits per heavy atom. The fourth-order valence-corrected chi connectivity index (χ4v) is 3.20. The molecular weight excluding hydrogens is 352 g/mol. The van der Waals surface area contributed by atoms with Crippen LogP contribution in [-0.4, -0.2) is 38.3 Å². The molecule has 0 aliphatic carbocycles. The van der Waals surface area contributed by atoms with E-state index < -0.39 is 5.97 Å². The Kier molecular flexibility index (Phi) is 7.09. The van der Waals surface area contributed by atoms with Crippen LogP contribution >= 0.6 is 11.8 Å². The van der Waals surface area contributed by atoms with Crippen LogP contribution in [-0.2, 0) is 9.53 Å². The number of carbonyl (C=O) groups is 2. The largest absolute Gasteiger partial charge is 0.493 e. The van der Waals surface area contributed by atoms with Crippen LogP contribution in [0.2, 0.25) is 0 Å². The van der Waals surface area contributed by atoms with Gasteiger partial charge in [-0.05, 0) is 43.7 Å². The number of Topliss-reactive ketones (excluding diaryl/α,β-unsaturated/α-hetero) is 1. The molecule has 2 aromatic rings. The van der Waals surface area contributed by atoms with Crippen molar-refractivity contribution >= 4 is 23.5 Å². The van der Waals surface area contributed by atoms with Gasteiger partial charge in [-0.15, -0.1) is 11.8 Å². The fraction of sp³-hybridized carbons (Fsp3) is 0.300. The molecule has 0 atom stereocenters. The zero-order valence-electron chi connectivity index (χ0n) is 15.3. The minimum atomic E-state index is -0.426. The van der Waals surface area contributed by atoms with Gasteiger partial charge in [0.05, 0.1) is 20.0 Å². The zero-order valence-corrected chi connectivity index (χ0v) is 16.1. The molecule has 0 N–H and O–H groups in total. The summed E-state index contributed by atoms with van der Waals surface area (Å²) < 4.78 is 15.4. The van der Waals surface area contributed by atoms with Crippen LogP contribution in [0.4, 0.5) is 0 Å². The minimum absolute atomic E-state index is 0.156. The van der Waals surface area contributed by atoms with Gasteiger partial charge in [-0.3, -0.25) is 9.59 Å². The lowest BCUT2D eigenvalue weighted by Gasteiger charge is -2.10. The fourth-order valence-electron chi connectivity index (χ4n) is 2.28. The van der Waals surface area contributed by atoms with Crippen molar-refractivity contribution < 1.29 is 23.8 Å². The normalized spacial score (nSPS) is 10.3. The van der Waals surface area contributed by atoms with E-state index in [0.717, 1.165) is 16.0 Å². The number of hydrogen-bond acceptors (Lipinski definition) is 6. The van der Waals surface area contributed by atoms with E-state index in [-0.39, 0.29) is 18.1 Å². The molecule has 0 heterocycles. The van der Waals surface area contributed by atoms with Crippen molar-refractivity contribution in [3.63, 3.8) is 0 Å². The number of aryl methyl sites for hydroxylation is 2. The molecule has 0 saturated heterocycles. The number of ether oxygens (including phenoxy) is 3. The van der Waals surface area contributed by atoms with E-state index in [2.05, 4.69) is 0 Å². The van der Waals surface area contributed by atoms with E-state index in [1.54, 1.807) is 18.2 Å². The first-order valence-electron chi connectivity index (χ1n) is 8.05. The maximum atomic E-state index is 12.2. The summed E-state index contributed by atoms with van der Waals surface area (Å²) in [7, 11) is 3.02. The van der Waals surface area contributed by atoms with E-state index in [1.165, 1.54) is 26.0 Å². The summed E-state index contributed by atoms with van der Waals surface area (Å²) >= 11 is 1.41. The summed E-state index contributed by atoms with van der Waals surface area (Å²) in [6.07, 6.45) is 0. The molecule has 0 aromatic heterocycles. The Morgan fingerprint density at radius 1 is 0.962 bits per heavy atom. The number of carbonyl (C=O) groups excluding carboxylic acids is 2. The summed E-state index contributed by atoms with van der Waals surface area (Å²) in [5.41, 5.74) is 2.64. The highest BCUT2D eigenvalue weighted by molar-refractivity contribution is 8.00. The maximum Gasteiger partial charge on any atom is 0.316 e. The number of methoxy groups -OCH3 is 2. The topological polar surface area (TPSA) is 61.8 Å². The monoisotopic (exact) mass is 374 g/mol. The smallest absolute Gasteiger partial charge is 0.316 e. The van der Waals surface area contributed by atoms with Gasteiger partial charge < -0.3 is 14.2 Å². The molecular formula is C20H22O5S. The Morgan fingerprint density at radius 2 is 1.69 bits per heavy atom. The average Bonchev–Trinajstić information content (AvgIpc) is 2.66. The van der Waals surface area contributed by atoms with Gasteiger partial charge in [0, 0.05) is 10.5 Å². The Balaban J connectivity index is 1.88.